The van der Waals surface area contributed by atoms with Crippen LogP contribution in [0.4, 0.5) is 0 Å². The molecular formula is C10H10N2O. The molecule has 13 heavy (non-hydrogen) atoms. The first-order valence-electron chi connectivity index (χ1n) is 4.13. The highest BCUT2D eigenvalue weighted by molar-refractivity contribution is 5.97. The smallest absolute Gasteiger partial charge is 0.240 e. The Balaban J connectivity index is 2.53. The zero-order chi connectivity index (χ0) is 9.10. The molecule has 1 aromatic carbocycles. The monoisotopic (exact) mass is 174 g/mol. The molecule has 0 atom stereocenters. The number of ether oxygens (including phenoxy) is 1. The molecule has 1 aromatic rings. The van der Waals surface area contributed by atoms with E-state index < -0.39 is 0 Å². The minimum absolute atomic E-state index is 0.587. The van der Waals surface area contributed by atoms with Gasteiger partial charge >= 0.3 is 0 Å². The Kier molecular flexibility index (Phi) is 2.08. The molecule has 0 aliphatic carbocycles. The normalized spacial score (nSPS) is 14.4. The van der Waals surface area contributed by atoms with E-state index in [4.69, 9.17) is 4.74 Å². The lowest BCUT2D eigenvalue weighted by molar-refractivity contribution is 0.403. The molecule has 1 aliphatic heterocycles. The van der Waals surface area contributed by atoms with Crippen LogP contribution in [-0.2, 0) is 11.2 Å². The van der Waals surface area contributed by atoms with Gasteiger partial charge in [0.05, 0.1) is 7.11 Å². The Bertz CT molecular complexity index is 369. The van der Waals surface area contributed by atoms with Crippen LogP contribution in [0.25, 0.3) is 0 Å². The fourth-order valence-electron chi connectivity index (χ4n) is 1.34. The molecule has 66 valence electrons. The van der Waals surface area contributed by atoms with Crippen molar-refractivity contribution < 1.29 is 4.74 Å². The zero-order valence-electron chi connectivity index (χ0n) is 7.40. The summed E-state index contributed by atoms with van der Waals surface area (Å²) in [5.74, 6) is 0.587. The van der Waals surface area contributed by atoms with Gasteiger partial charge in [0.25, 0.3) is 0 Å². The summed E-state index contributed by atoms with van der Waals surface area (Å²) in [6.45, 7) is 0. The second-order valence-electron chi connectivity index (χ2n) is 2.77. The number of methoxy groups -OCH3 is 1. The van der Waals surface area contributed by atoms with E-state index in [0.717, 1.165) is 12.0 Å². The highest BCUT2D eigenvalue weighted by Crippen LogP contribution is 2.13. The van der Waals surface area contributed by atoms with E-state index in [1.165, 1.54) is 5.56 Å². The van der Waals surface area contributed by atoms with Crippen molar-refractivity contribution in [1.82, 2.24) is 0 Å². The molecule has 0 amide bonds. The fourth-order valence-corrected chi connectivity index (χ4v) is 1.34. The van der Waals surface area contributed by atoms with Crippen molar-refractivity contribution in [2.45, 2.75) is 6.42 Å². The summed E-state index contributed by atoms with van der Waals surface area (Å²) in [5, 5.41) is 7.82. The van der Waals surface area contributed by atoms with Crippen LogP contribution >= 0.6 is 0 Å². The van der Waals surface area contributed by atoms with Gasteiger partial charge in [-0.2, -0.15) is 5.10 Å². The predicted octanol–water partition coefficient (Wildman–Crippen LogP) is 1.62. The topological polar surface area (TPSA) is 34.0 Å². The lowest BCUT2D eigenvalue weighted by Gasteiger charge is -2.05. The van der Waals surface area contributed by atoms with Crippen molar-refractivity contribution >= 4 is 12.1 Å². The lowest BCUT2D eigenvalue weighted by Crippen LogP contribution is -2.05. The minimum Gasteiger partial charge on any atom is -0.479 e. The first-order chi connectivity index (χ1) is 6.42. The van der Waals surface area contributed by atoms with Crippen LogP contribution in [-0.4, -0.2) is 19.2 Å². The molecule has 0 saturated carbocycles. The van der Waals surface area contributed by atoms with E-state index in [1.807, 2.05) is 18.2 Å². The number of hydrogen-bond donors (Lipinski definition) is 0. The Morgan fingerprint density at radius 1 is 1.31 bits per heavy atom. The molecule has 2 rings (SSSR count). The number of fused-ring (bicyclic) bond motifs is 1. The Hall–Kier alpha value is -1.64. The van der Waals surface area contributed by atoms with E-state index in [0.29, 0.717) is 5.90 Å². The number of benzene rings is 1. The van der Waals surface area contributed by atoms with Crippen molar-refractivity contribution in [3.05, 3.63) is 35.4 Å². The third-order valence-corrected chi connectivity index (χ3v) is 1.98. The van der Waals surface area contributed by atoms with Gasteiger partial charge in [-0.25, -0.2) is 0 Å². The Morgan fingerprint density at radius 2 is 2.15 bits per heavy atom. The summed E-state index contributed by atoms with van der Waals surface area (Å²) in [7, 11) is 1.61. The van der Waals surface area contributed by atoms with Crippen LogP contribution in [0.5, 0.6) is 0 Å². The molecule has 0 fully saturated rings. The molecule has 1 aliphatic rings. The summed E-state index contributed by atoms with van der Waals surface area (Å²) >= 11 is 0. The van der Waals surface area contributed by atoms with Crippen molar-refractivity contribution in [3.8, 4) is 0 Å². The van der Waals surface area contributed by atoms with Crippen LogP contribution < -0.4 is 0 Å². The van der Waals surface area contributed by atoms with Gasteiger partial charge in [0.15, 0.2) is 0 Å². The number of hydrogen-bond acceptors (Lipinski definition) is 3. The lowest BCUT2D eigenvalue weighted by atomic mass is 10.1. The largest absolute Gasteiger partial charge is 0.479 e. The van der Waals surface area contributed by atoms with E-state index in [2.05, 4.69) is 16.3 Å². The average molecular weight is 174 g/mol. The fraction of sp³-hybridized carbons (Fsp3) is 0.200. The first-order valence-corrected chi connectivity index (χ1v) is 4.13. The average Bonchev–Trinajstić information content (AvgIpc) is 2.39. The highest BCUT2D eigenvalue weighted by atomic mass is 16.5. The molecule has 0 N–H and O–H groups in total. The molecule has 3 nitrogen and oxygen atoms in total. The van der Waals surface area contributed by atoms with Crippen molar-refractivity contribution in [1.29, 1.82) is 0 Å². The Morgan fingerprint density at radius 3 is 3.00 bits per heavy atom. The predicted molar refractivity (Wildman–Crippen MR) is 52.2 cm³/mol. The van der Waals surface area contributed by atoms with Gasteiger partial charge in [0, 0.05) is 18.2 Å². The highest BCUT2D eigenvalue weighted by Gasteiger charge is 2.10. The molecule has 0 unspecified atom stereocenters. The van der Waals surface area contributed by atoms with Gasteiger partial charge < -0.3 is 4.74 Å². The van der Waals surface area contributed by atoms with E-state index in [9.17, 15) is 0 Å². The van der Waals surface area contributed by atoms with Gasteiger partial charge in [-0.3, -0.25) is 0 Å². The van der Waals surface area contributed by atoms with Gasteiger partial charge in [0.1, 0.15) is 0 Å². The van der Waals surface area contributed by atoms with Crippen LogP contribution in [0.3, 0.4) is 0 Å². The second-order valence-corrected chi connectivity index (χ2v) is 2.77. The second kappa shape index (κ2) is 3.39. The van der Waals surface area contributed by atoms with Gasteiger partial charge in [0.2, 0.25) is 5.90 Å². The summed E-state index contributed by atoms with van der Waals surface area (Å²) in [6.07, 6.45) is 2.59. The molecule has 0 spiro atoms. The summed E-state index contributed by atoms with van der Waals surface area (Å²) in [6, 6.07) is 8.03. The maximum Gasteiger partial charge on any atom is 0.240 e. The van der Waals surface area contributed by atoms with Crippen LogP contribution in [0.2, 0.25) is 0 Å². The SMILES string of the molecule is COC1=NN=CCc2ccccc21. The van der Waals surface area contributed by atoms with E-state index in [-0.39, 0.29) is 0 Å². The third kappa shape index (κ3) is 1.45. The van der Waals surface area contributed by atoms with Crippen molar-refractivity contribution in [3.63, 3.8) is 0 Å². The first kappa shape index (κ1) is 7.98. The zero-order valence-corrected chi connectivity index (χ0v) is 7.40. The maximum absolute atomic E-state index is 5.13. The van der Waals surface area contributed by atoms with Gasteiger partial charge in [-0.05, 0) is 11.6 Å². The summed E-state index contributed by atoms with van der Waals surface area (Å²) < 4.78 is 5.13. The third-order valence-electron chi connectivity index (χ3n) is 1.98. The molecule has 0 saturated heterocycles. The number of nitrogens with zero attached hydrogens (tertiary/aromatic N) is 2. The van der Waals surface area contributed by atoms with Crippen LogP contribution in [0.15, 0.2) is 34.5 Å². The van der Waals surface area contributed by atoms with Gasteiger partial charge in [-0.1, -0.05) is 18.2 Å². The Labute approximate surface area is 76.8 Å². The number of rotatable bonds is 0. The molecule has 1 heterocycles. The molecule has 3 heteroatoms. The van der Waals surface area contributed by atoms with Crippen LogP contribution in [0.1, 0.15) is 11.1 Å². The molecule has 0 radical (unpaired) electrons. The molecule has 0 bridgehead atoms. The van der Waals surface area contributed by atoms with E-state index >= 15 is 0 Å². The minimum atomic E-state index is 0.587. The maximum atomic E-state index is 5.13. The van der Waals surface area contributed by atoms with Crippen molar-refractivity contribution in [2.75, 3.05) is 7.11 Å². The van der Waals surface area contributed by atoms with Crippen molar-refractivity contribution in [2.24, 2.45) is 10.2 Å². The quantitative estimate of drug-likeness (QED) is 0.588. The molecular weight excluding hydrogens is 164 g/mol. The van der Waals surface area contributed by atoms with Gasteiger partial charge in [-0.15, -0.1) is 5.10 Å². The standard InChI is InChI=1S/C10H10N2O/c1-13-10-9-5-3-2-4-8(9)6-7-11-12-10/h2-5,7H,6H2,1H3. The summed E-state index contributed by atoms with van der Waals surface area (Å²) in [4.78, 5) is 0. The van der Waals surface area contributed by atoms with Crippen LogP contribution in [0, 0.1) is 0 Å². The van der Waals surface area contributed by atoms with E-state index in [1.54, 1.807) is 13.3 Å². The summed E-state index contributed by atoms with van der Waals surface area (Å²) in [5.41, 5.74) is 2.23. The molecule has 0 aromatic heterocycles.